The fourth-order valence-electron chi connectivity index (χ4n) is 1.79. The number of carbonyl (C=O) groups is 1. The second kappa shape index (κ2) is 3.62. The molecule has 0 saturated carbocycles. The number of rotatable bonds is 2. The Bertz CT molecular complexity index is 553. The molecule has 6 heteroatoms. The summed E-state index contributed by atoms with van der Waals surface area (Å²) < 4.78 is 8.30. The van der Waals surface area contributed by atoms with Gasteiger partial charge in [0.15, 0.2) is 5.65 Å². The van der Waals surface area contributed by atoms with Crippen molar-refractivity contribution in [1.29, 1.82) is 0 Å². The molecule has 16 heavy (non-hydrogen) atoms. The molecule has 0 atom stereocenters. The molecule has 2 aromatic rings. The Labute approximate surface area is 92.8 Å². The topological polar surface area (TPSA) is 61.4 Å². The van der Waals surface area contributed by atoms with Crippen molar-refractivity contribution in [2.24, 2.45) is 7.05 Å². The first kappa shape index (κ1) is 10.7. The Kier molecular flexibility index (Phi) is 2.41. The van der Waals surface area contributed by atoms with Crippen LogP contribution in [0.3, 0.4) is 0 Å². The van der Waals surface area contributed by atoms with Gasteiger partial charge in [-0.1, -0.05) is 0 Å². The minimum absolute atomic E-state index is 0.349. The monoisotopic (exact) mass is 222 g/mol. The summed E-state index contributed by atoms with van der Waals surface area (Å²) in [7, 11) is 1.78. The highest BCUT2D eigenvalue weighted by atomic mass is 16.5. The number of hydrogen-bond acceptors (Lipinski definition) is 4. The van der Waals surface area contributed by atoms with Crippen molar-refractivity contribution in [2.45, 2.75) is 20.8 Å². The Morgan fingerprint density at radius 1 is 1.38 bits per heavy atom. The van der Waals surface area contributed by atoms with Gasteiger partial charge >= 0.3 is 5.97 Å². The van der Waals surface area contributed by atoms with Crippen molar-refractivity contribution < 1.29 is 9.53 Å². The van der Waals surface area contributed by atoms with E-state index in [9.17, 15) is 4.79 Å². The lowest BCUT2D eigenvalue weighted by Gasteiger charge is -2.00. The van der Waals surface area contributed by atoms with Crippen molar-refractivity contribution in [3.05, 3.63) is 17.1 Å². The third-order valence-electron chi connectivity index (χ3n) is 2.42. The van der Waals surface area contributed by atoms with E-state index in [0.717, 1.165) is 5.82 Å². The van der Waals surface area contributed by atoms with Gasteiger partial charge in [-0.05, 0) is 20.8 Å². The van der Waals surface area contributed by atoms with E-state index < -0.39 is 0 Å². The average molecular weight is 222 g/mol. The molecule has 0 aliphatic carbocycles. The third kappa shape index (κ3) is 1.37. The SMILES string of the molecule is CCOC(=O)c1c(C)nn2c(C)nn(C)c12. The molecule has 0 fully saturated rings. The highest BCUT2D eigenvalue weighted by molar-refractivity contribution is 5.97. The molecule has 2 rings (SSSR count). The molecule has 6 nitrogen and oxygen atoms in total. The summed E-state index contributed by atoms with van der Waals surface area (Å²) in [4.78, 5) is 11.8. The lowest BCUT2D eigenvalue weighted by molar-refractivity contribution is 0.0527. The quantitative estimate of drug-likeness (QED) is 0.707. The first-order valence-corrected chi connectivity index (χ1v) is 5.12. The molecule has 0 bridgehead atoms. The van der Waals surface area contributed by atoms with Gasteiger partial charge in [-0.25, -0.2) is 9.48 Å². The minimum atomic E-state index is -0.349. The van der Waals surface area contributed by atoms with E-state index in [1.807, 2.05) is 6.92 Å². The molecular weight excluding hydrogens is 208 g/mol. The van der Waals surface area contributed by atoms with E-state index in [0.29, 0.717) is 23.5 Å². The molecule has 0 saturated heterocycles. The smallest absolute Gasteiger partial charge is 0.343 e. The zero-order valence-electron chi connectivity index (χ0n) is 9.81. The van der Waals surface area contributed by atoms with Gasteiger partial charge in [-0.3, -0.25) is 0 Å². The second-order valence-corrected chi connectivity index (χ2v) is 3.59. The number of aryl methyl sites for hydroxylation is 3. The molecule has 2 aromatic heterocycles. The van der Waals surface area contributed by atoms with E-state index in [2.05, 4.69) is 10.2 Å². The zero-order valence-corrected chi connectivity index (χ0v) is 9.81. The summed E-state index contributed by atoms with van der Waals surface area (Å²) in [6.07, 6.45) is 0. The summed E-state index contributed by atoms with van der Waals surface area (Å²) in [5.74, 6) is 0.397. The molecule has 86 valence electrons. The maximum absolute atomic E-state index is 11.8. The van der Waals surface area contributed by atoms with Crippen LogP contribution in [0.1, 0.15) is 28.8 Å². The van der Waals surface area contributed by atoms with Crippen molar-refractivity contribution in [3.63, 3.8) is 0 Å². The largest absolute Gasteiger partial charge is 0.462 e. The van der Waals surface area contributed by atoms with Gasteiger partial charge in [0, 0.05) is 7.05 Å². The van der Waals surface area contributed by atoms with Gasteiger partial charge in [0.25, 0.3) is 0 Å². The van der Waals surface area contributed by atoms with Crippen LogP contribution in [0.5, 0.6) is 0 Å². The normalized spacial score (nSPS) is 11.0. The molecule has 0 radical (unpaired) electrons. The molecule has 0 unspecified atom stereocenters. The lowest BCUT2D eigenvalue weighted by atomic mass is 10.2. The summed E-state index contributed by atoms with van der Waals surface area (Å²) in [5, 5.41) is 8.47. The highest BCUT2D eigenvalue weighted by Gasteiger charge is 2.22. The van der Waals surface area contributed by atoms with Crippen LogP contribution in [0.15, 0.2) is 0 Å². The van der Waals surface area contributed by atoms with Crippen LogP contribution in [0.25, 0.3) is 5.65 Å². The number of nitrogens with zero attached hydrogens (tertiary/aromatic N) is 4. The Morgan fingerprint density at radius 3 is 2.69 bits per heavy atom. The maximum atomic E-state index is 11.8. The van der Waals surface area contributed by atoms with Crippen LogP contribution < -0.4 is 0 Å². The number of aromatic nitrogens is 4. The average Bonchev–Trinajstić information content (AvgIpc) is 2.67. The summed E-state index contributed by atoms with van der Waals surface area (Å²) in [6, 6.07) is 0. The predicted molar refractivity (Wildman–Crippen MR) is 57.4 cm³/mol. The first-order valence-electron chi connectivity index (χ1n) is 5.12. The molecule has 0 aliphatic rings. The number of carbonyl (C=O) groups excluding carboxylic acids is 1. The number of hydrogen-bond donors (Lipinski definition) is 0. The highest BCUT2D eigenvalue weighted by Crippen LogP contribution is 2.17. The van der Waals surface area contributed by atoms with E-state index in [4.69, 9.17) is 4.74 Å². The predicted octanol–water partition coefficient (Wildman–Crippen LogP) is 0.861. The van der Waals surface area contributed by atoms with Crippen molar-refractivity contribution in [3.8, 4) is 0 Å². The van der Waals surface area contributed by atoms with Gasteiger partial charge in [0.05, 0.1) is 12.3 Å². The standard InChI is InChI=1S/C10H14N4O2/c1-5-16-10(15)8-6(2)11-14-7(3)12-13(4)9(8)14/h5H2,1-4H3. The molecule has 0 N–H and O–H groups in total. The van der Waals surface area contributed by atoms with Crippen LogP contribution in [-0.4, -0.2) is 32.0 Å². The van der Waals surface area contributed by atoms with E-state index in [1.54, 1.807) is 30.1 Å². The van der Waals surface area contributed by atoms with Crippen LogP contribution in [-0.2, 0) is 11.8 Å². The van der Waals surface area contributed by atoms with Gasteiger partial charge in [-0.15, -0.1) is 0 Å². The van der Waals surface area contributed by atoms with E-state index in [-0.39, 0.29) is 5.97 Å². The Hall–Kier alpha value is -1.85. The van der Waals surface area contributed by atoms with Gasteiger partial charge in [0.2, 0.25) is 0 Å². The summed E-state index contributed by atoms with van der Waals surface area (Å²) in [5.41, 5.74) is 1.83. The van der Waals surface area contributed by atoms with Crippen molar-refractivity contribution >= 4 is 11.6 Å². The third-order valence-corrected chi connectivity index (χ3v) is 2.42. The fraction of sp³-hybridized carbons (Fsp3) is 0.500. The molecular formula is C10H14N4O2. The Balaban J connectivity index is 2.68. The van der Waals surface area contributed by atoms with Gasteiger partial charge in [-0.2, -0.15) is 14.7 Å². The molecule has 0 amide bonds. The zero-order chi connectivity index (χ0) is 11.9. The van der Waals surface area contributed by atoms with Crippen LogP contribution >= 0.6 is 0 Å². The molecule has 2 heterocycles. The second-order valence-electron chi connectivity index (χ2n) is 3.59. The first-order chi connectivity index (χ1) is 7.56. The van der Waals surface area contributed by atoms with Crippen LogP contribution in [0.4, 0.5) is 0 Å². The van der Waals surface area contributed by atoms with E-state index >= 15 is 0 Å². The lowest BCUT2D eigenvalue weighted by Crippen LogP contribution is -2.07. The molecule has 0 aliphatic heterocycles. The summed E-state index contributed by atoms with van der Waals surface area (Å²) >= 11 is 0. The van der Waals surface area contributed by atoms with E-state index in [1.165, 1.54) is 0 Å². The fourth-order valence-corrected chi connectivity index (χ4v) is 1.79. The van der Waals surface area contributed by atoms with Gasteiger partial charge < -0.3 is 4.74 Å². The summed E-state index contributed by atoms with van der Waals surface area (Å²) in [6.45, 7) is 5.77. The Morgan fingerprint density at radius 2 is 2.06 bits per heavy atom. The molecule has 0 aromatic carbocycles. The van der Waals surface area contributed by atoms with Crippen molar-refractivity contribution in [2.75, 3.05) is 6.61 Å². The van der Waals surface area contributed by atoms with Crippen LogP contribution in [0, 0.1) is 13.8 Å². The number of fused-ring (bicyclic) bond motifs is 1. The number of esters is 1. The maximum Gasteiger partial charge on any atom is 0.343 e. The van der Waals surface area contributed by atoms with Crippen molar-refractivity contribution in [1.82, 2.24) is 19.4 Å². The minimum Gasteiger partial charge on any atom is -0.462 e. The van der Waals surface area contributed by atoms with Gasteiger partial charge in [0.1, 0.15) is 11.4 Å². The van der Waals surface area contributed by atoms with Crippen LogP contribution in [0.2, 0.25) is 0 Å². The number of ether oxygens (including phenoxy) is 1. The molecule has 0 spiro atoms.